The van der Waals surface area contributed by atoms with Crippen LogP contribution >= 0.6 is 0 Å². The predicted molar refractivity (Wildman–Crippen MR) is 124 cm³/mol. The van der Waals surface area contributed by atoms with Gasteiger partial charge in [0, 0.05) is 37.9 Å². The third-order valence-corrected chi connectivity index (χ3v) is 5.62. The summed E-state index contributed by atoms with van der Waals surface area (Å²) >= 11 is 0. The van der Waals surface area contributed by atoms with E-state index in [0.717, 1.165) is 46.1 Å². The molecule has 3 aromatic heterocycles. The minimum Gasteiger partial charge on any atom is -0.491 e. The molecule has 0 bridgehead atoms. The number of aliphatic imine (C=N–C) groups is 1. The zero-order valence-corrected chi connectivity index (χ0v) is 18.5. The molecule has 8 nitrogen and oxygen atoms in total. The summed E-state index contributed by atoms with van der Waals surface area (Å²) in [4.78, 5) is 19.5. The molecule has 1 fully saturated rings. The molecule has 1 aliphatic heterocycles. The molecule has 4 aromatic rings. The van der Waals surface area contributed by atoms with E-state index in [0.29, 0.717) is 12.4 Å². The van der Waals surface area contributed by atoms with Gasteiger partial charge >= 0.3 is 0 Å². The molecule has 0 amide bonds. The first-order chi connectivity index (χ1) is 15.6. The Morgan fingerprint density at radius 1 is 1.22 bits per heavy atom. The van der Waals surface area contributed by atoms with Gasteiger partial charge in [-0.05, 0) is 43.5 Å². The third kappa shape index (κ3) is 4.01. The molecule has 0 aliphatic carbocycles. The number of fused-ring (bicyclic) bond motifs is 2. The highest BCUT2D eigenvalue weighted by molar-refractivity contribution is 5.87. The minimum absolute atomic E-state index is 0.0179. The second kappa shape index (κ2) is 8.55. The van der Waals surface area contributed by atoms with Crippen LogP contribution in [0.2, 0.25) is 0 Å². The van der Waals surface area contributed by atoms with Crippen molar-refractivity contribution in [2.45, 2.75) is 32.1 Å². The van der Waals surface area contributed by atoms with Crippen molar-refractivity contribution >= 4 is 34.1 Å². The van der Waals surface area contributed by atoms with Crippen molar-refractivity contribution < 1.29 is 9.47 Å². The van der Waals surface area contributed by atoms with E-state index in [4.69, 9.17) is 9.47 Å². The molecular formula is C24H26N6O2. The average molecular weight is 431 g/mol. The quantitative estimate of drug-likeness (QED) is 0.336. The number of nitrogens with zero attached hydrogens (tertiary/aromatic N) is 6. The van der Waals surface area contributed by atoms with Crippen molar-refractivity contribution in [3.05, 3.63) is 54.6 Å². The molecule has 2 atom stereocenters. The molecule has 0 spiro atoms. The predicted octanol–water partition coefficient (Wildman–Crippen LogP) is 4.27. The highest BCUT2D eigenvalue weighted by Crippen LogP contribution is 2.33. The van der Waals surface area contributed by atoms with Crippen molar-refractivity contribution in [1.29, 1.82) is 0 Å². The van der Waals surface area contributed by atoms with Crippen LogP contribution in [0, 0.1) is 6.92 Å². The molecule has 0 radical (unpaired) electrons. The molecule has 8 heteroatoms. The standard InChI is InChI=1S/C24H26N6O2/c1-16-11-17-5-4-9-25-20(17)12-21(16)31-13-18-6-7-22(32-18)30-10-8-19-23(28-15-29(2)3)26-14-27-24(19)30/h4-5,8-12,14-15,18,22H,6-7,13H2,1-3H3/t18-,22+/m0/s1. The van der Waals surface area contributed by atoms with E-state index in [1.165, 1.54) is 0 Å². The van der Waals surface area contributed by atoms with E-state index in [2.05, 4.69) is 43.6 Å². The summed E-state index contributed by atoms with van der Waals surface area (Å²) in [6, 6.07) is 10.1. The third-order valence-electron chi connectivity index (χ3n) is 5.62. The molecular weight excluding hydrogens is 404 g/mol. The van der Waals surface area contributed by atoms with Crippen LogP contribution in [0.1, 0.15) is 24.6 Å². The number of pyridine rings is 1. The maximum Gasteiger partial charge on any atom is 0.166 e. The fourth-order valence-electron chi connectivity index (χ4n) is 4.03. The van der Waals surface area contributed by atoms with E-state index < -0.39 is 0 Å². The lowest BCUT2D eigenvalue weighted by atomic mass is 10.1. The number of aromatic nitrogens is 4. The number of ether oxygens (including phenoxy) is 2. The number of hydrogen-bond acceptors (Lipinski definition) is 6. The van der Waals surface area contributed by atoms with Gasteiger partial charge in [0.2, 0.25) is 0 Å². The van der Waals surface area contributed by atoms with Gasteiger partial charge in [-0.2, -0.15) is 0 Å². The monoisotopic (exact) mass is 430 g/mol. The van der Waals surface area contributed by atoms with Gasteiger partial charge in [0.05, 0.1) is 23.3 Å². The Morgan fingerprint density at radius 3 is 3.00 bits per heavy atom. The van der Waals surface area contributed by atoms with E-state index in [1.807, 2.05) is 43.4 Å². The number of rotatable bonds is 6. The Balaban J connectivity index is 1.28. The van der Waals surface area contributed by atoms with Gasteiger partial charge < -0.3 is 18.9 Å². The van der Waals surface area contributed by atoms with Crippen LogP contribution < -0.4 is 4.74 Å². The van der Waals surface area contributed by atoms with Gasteiger partial charge in [0.15, 0.2) is 5.82 Å². The van der Waals surface area contributed by atoms with Crippen LogP contribution in [0.4, 0.5) is 5.82 Å². The summed E-state index contributed by atoms with van der Waals surface area (Å²) < 4.78 is 14.5. The van der Waals surface area contributed by atoms with E-state index in [9.17, 15) is 0 Å². The Bertz CT molecular complexity index is 1280. The first-order valence-electron chi connectivity index (χ1n) is 10.7. The minimum atomic E-state index is -0.0824. The van der Waals surface area contributed by atoms with Crippen molar-refractivity contribution in [3.63, 3.8) is 0 Å². The summed E-state index contributed by atoms with van der Waals surface area (Å²) in [5.74, 6) is 1.51. The zero-order chi connectivity index (χ0) is 22.1. The van der Waals surface area contributed by atoms with Crippen molar-refractivity contribution in [1.82, 2.24) is 24.4 Å². The molecule has 0 saturated carbocycles. The SMILES string of the molecule is Cc1cc2cccnc2cc1OC[C@@H]1CC[C@H](n2ccc3c(N=CN(C)C)ncnc32)O1. The molecule has 5 rings (SSSR count). The number of benzene rings is 1. The van der Waals surface area contributed by atoms with E-state index in [-0.39, 0.29) is 12.3 Å². The van der Waals surface area contributed by atoms with E-state index >= 15 is 0 Å². The fourth-order valence-corrected chi connectivity index (χ4v) is 4.03. The van der Waals surface area contributed by atoms with Crippen LogP contribution in [0.5, 0.6) is 5.75 Å². The molecule has 164 valence electrons. The van der Waals surface area contributed by atoms with Crippen LogP contribution in [-0.4, -0.2) is 57.6 Å². The van der Waals surface area contributed by atoms with Crippen LogP contribution in [0.15, 0.2) is 54.0 Å². The van der Waals surface area contributed by atoms with Crippen molar-refractivity contribution in [2.75, 3.05) is 20.7 Å². The first-order valence-corrected chi connectivity index (χ1v) is 10.7. The van der Waals surface area contributed by atoms with Gasteiger partial charge in [-0.15, -0.1) is 0 Å². The molecule has 32 heavy (non-hydrogen) atoms. The van der Waals surface area contributed by atoms with Crippen LogP contribution in [-0.2, 0) is 4.74 Å². The summed E-state index contributed by atoms with van der Waals surface area (Å²) in [6.45, 7) is 2.56. The summed E-state index contributed by atoms with van der Waals surface area (Å²) in [5, 5.41) is 2.03. The first kappa shape index (κ1) is 20.4. The Hall–Kier alpha value is -3.52. The zero-order valence-electron chi connectivity index (χ0n) is 18.5. The second-order valence-electron chi connectivity index (χ2n) is 8.28. The Morgan fingerprint density at radius 2 is 2.12 bits per heavy atom. The lowest BCUT2D eigenvalue weighted by Gasteiger charge is -2.17. The van der Waals surface area contributed by atoms with Crippen molar-refractivity contribution in [2.24, 2.45) is 4.99 Å². The lowest BCUT2D eigenvalue weighted by molar-refractivity contribution is -0.0156. The summed E-state index contributed by atoms with van der Waals surface area (Å²) in [5.41, 5.74) is 2.86. The van der Waals surface area contributed by atoms with Gasteiger partial charge in [-0.1, -0.05) is 6.07 Å². The summed E-state index contributed by atoms with van der Waals surface area (Å²) in [7, 11) is 3.86. The second-order valence-corrected chi connectivity index (χ2v) is 8.28. The van der Waals surface area contributed by atoms with Gasteiger partial charge in [0.1, 0.15) is 30.6 Å². The highest BCUT2D eigenvalue weighted by atomic mass is 16.6. The molecule has 1 saturated heterocycles. The highest BCUT2D eigenvalue weighted by Gasteiger charge is 2.28. The van der Waals surface area contributed by atoms with Gasteiger partial charge in [-0.3, -0.25) is 4.98 Å². The fraction of sp³-hybridized carbons (Fsp3) is 0.333. The number of aryl methyl sites for hydroxylation is 1. The molecule has 4 heterocycles. The maximum atomic E-state index is 6.32. The van der Waals surface area contributed by atoms with Gasteiger partial charge in [-0.25, -0.2) is 15.0 Å². The largest absolute Gasteiger partial charge is 0.491 e. The molecule has 0 N–H and O–H groups in total. The topological polar surface area (TPSA) is 77.7 Å². The molecule has 1 aromatic carbocycles. The van der Waals surface area contributed by atoms with Crippen LogP contribution in [0.3, 0.4) is 0 Å². The maximum absolute atomic E-state index is 6.32. The normalized spacial score (nSPS) is 18.7. The average Bonchev–Trinajstić information content (AvgIpc) is 3.43. The Kier molecular flexibility index (Phi) is 5.45. The smallest absolute Gasteiger partial charge is 0.166 e. The molecule has 1 aliphatic rings. The number of hydrogen-bond donors (Lipinski definition) is 0. The summed E-state index contributed by atoms with van der Waals surface area (Å²) in [6.07, 6.45) is 8.85. The molecule has 0 unspecified atom stereocenters. The van der Waals surface area contributed by atoms with Gasteiger partial charge in [0.25, 0.3) is 0 Å². The van der Waals surface area contributed by atoms with Crippen molar-refractivity contribution in [3.8, 4) is 5.75 Å². The lowest BCUT2D eigenvalue weighted by Crippen LogP contribution is -2.18. The van der Waals surface area contributed by atoms with Crippen LogP contribution in [0.25, 0.3) is 21.9 Å². The van der Waals surface area contributed by atoms with E-state index in [1.54, 1.807) is 18.9 Å². The Labute approximate surface area is 186 Å².